The van der Waals surface area contributed by atoms with E-state index in [-0.39, 0.29) is 24.4 Å². The van der Waals surface area contributed by atoms with Crippen LogP contribution in [-0.4, -0.2) is 39.7 Å². The maximum atomic E-state index is 13.4. The summed E-state index contributed by atoms with van der Waals surface area (Å²) in [7, 11) is 0. The van der Waals surface area contributed by atoms with Crippen molar-refractivity contribution in [1.82, 2.24) is 14.7 Å². The first-order valence-electron chi connectivity index (χ1n) is 9.80. The van der Waals surface area contributed by atoms with Gasteiger partial charge in [-0.3, -0.25) is 4.79 Å². The predicted octanol–water partition coefficient (Wildman–Crippen LogP) is 4.08. The van der Waals surface area contributed by atoms with Gasteiger partial charge in [-0.15, -0.1) is 12.4 Å². The molecule has 2 heterocycles. The van der Waals surface area contributed by atoms with Gasteiger partial charge in [0.05, 0.1) is 11.3 Å². The fraction of sp³-hybridized carbons (Fsp3) is 0.304. The summed E-state index contributed by atoms with van der Waals surface area (Å²) >= 11 is 0. The Bertz CT molecular complexity index is 968. The Morgan fingerprint density at radius 1 is 1.14 bits per heavy atom. The lowest BCUT2D eigenvalue weighted by Gasteiger charge is -2.21. The van der Waals surface area contributed by atoms with Crippen molar-refractivity contribution in [3.05, 3.63) is 71.9 Å². The van der Waals surface area contributed by atoms with Gasteiger partial charge in [-0.25, -0.2) is 4.68 Å². The van der Waals surface area contributed by atoms with Gasteiger partial charge in [-0.05, 0) is 44.9 Å². The first-order chi connectivity index (χ1) is 13.6. The van der Waals surface area contributed by atoms with Crippen LogP contribution in [0.15, 0.2) is 60.8 Å². The third kappa shape index (κ3) is 4.21. The number of nitrogens with two attached hydrogens (primary N) is 1. The van der Waals surface area contributed by atoms with Gasteiger partial charge in [-0.1, -0.05) is 48.0 Å². The minimum absolute atomic E-state index is 0. The van der Waals surface area contributed by atoms with Crippen molar-refractivity contribution in [2.45, 2.75) is 26.3 Å². The number of hydrogen-bond acceptors (Lipinski definition) is 3. The molecule has 0 saturated carbocycles. The van der Waals surface area contributed by atoms with Crippen LogP contribution in [-0.2, 0) is 0 Å². The Kier molecular flexibility index (Phi) is 6.40. The number of rotatable bonds is 4. The molecule has 1 saturated heterocycles. The lowest BCUT2D eigenvalue weighted by Crippen LogP contribution is -2.34. The van der Waals surface area contributed by atoms with E-state index in [4.69, 9.17) is 10.8 Å². The third-order valence-corrected chi connectivity index (χ3v) is 5.55. The number of hydrogen-bond donors (Lipinski definition) is 1. The summed E-state index contributed by atoms with van der Waals surface area (Å²) in [4.78, 5) is 15.4. The quantitative estimate of drug-likeness (QED) is 0.704. The summed E-state index contributed by atoms with van der Waals surface area (Å²) in [5.74, 6) is 0.395. The summed E-state index contributed by atoms with van der Waals surface area (Å²) in [5, 5.41) is 4.78. The Balaban J connectivity index is 0.00000240. The van der Waals surface area contributed by atoms with Crippen molar-refractivity contribution in [1.29, 1.82) is 0 Å². The molecule has 2 aromatic carbocycles. The molecule has 5 nitrogen and oxygen atoms in total. The van der Waals surface area contributed by atoms with Gasteiger partial charge in [0.15, 0.2) is 0 Å². The Hall–Kier alpha value is -2.63. The minimum atomic E-state index is 0. The van der Waals surface area contributed by atoms with Crippen molar-refractivity contribution < 1.29 is 4.79 Å². The third-order valence-electron chi connectivity index (χ3n) is 5.55. The van der Waals surface area contributed by atoms with Crippen molar-refractivity contribution in [3.63, 3.8) is 0 Å². The average Bonchev–Trinajstić information content (AvgIpc) is 3.33. The van der Waals surface area contributed by atoms with Gasteiger partial charge in [0.2, 0.25) is 0 Å². The van der Waals surface area contributed by atoms with Crippen LogP contribution in [0.2, 0.25) is 0 Å². The fourth-order valence-corrected chi connectivity index (χ4v) is 3.92. The molecule has 0 aliphatic carbocycles. The van der Waals surface area contributed by atoms with Gasteiger partial charge >= 0.3 is 0 Å². The molecule has 2 N–H and O–H groups in total. The first kappa shape index (κ1) is 21.1. The van der Waals surface area contributed by atoms with Crippen LogP contribution in [0.1, 0.15) is 29.3 Å². The molecule has 1 amide bonds. The first-order valence-corrected chi connectivity index (χ1v) is 9.80. The smallest absolute Gasteiger partial charge is 0.257 e. The molecule has 152 valence electrons. The molecule has 0 spiro atoms. The number of nitrogens with zero attached hydrogens (tertiary/aromatic N) is 3. The Labute approximate surface area is 177 Å². The SMILES string of the molecule is Cc1ccc(-n2cc(C(=O)N3CC(CN)CC3C)c(-c3ccccc3)n2)cc1.Cl. The number of carbonyl (C=O) groups excluding carboxylic acids is 1. The molecule has 1 fully saturated rings. The maximum Gasteiger partial charge on any atom is 0.257 e. The zero-order valence-electron chi connectivity index (χ0n) is 16.8. The molecule has 29 heavy (non-hydrogen) atoms. The van der Waals surface area contributed by atoms with E-state index in [0.29, 0.717) is 24.6 Å². The highest BCUT2D eigenvalue weighted by Crippen LogP contribution is 2.29. The van der Waals surface area contributed by atoms with Crippen LogP contribution in [0.4, 0.5) is 0 Å². The molecule has 6 heteroatoms. The maximum absolute atomic E-state index is 13.4. The van der Waals surface area contributed by atoms with E-state index in [1.165, 1.54) is 5.56 Å². The second kappa shape index (κ2) is 8.80. The van der Waals surface area contributed by atoms with Gasteiger partial charge in [0.25, 0.3) is 5.91 Å². The van der Waals surface area contributed by atoms with Crippen LogP contribution in [0.5, 0.6) is 0 Å². The Morgan fingerprint density at radius 3 is 2.45 bits per heavy atom. The minimum Gasteiger partial charge on any atom is -0.335 e. The van der Waals surface area contributed by atoms with Crippen molar-refractivity contribution in [2.24, 2.45) is 11.7 Å². The van der Waals surface area contributed by atoms with Crippen LogP contribution < -0.4 is 5.73 Å². The van der Waals surface area contributed by atoms with E-state index in [9.17, 15) is 4.79 Å². The van der Waals surface area contributed by atoms with E-state index in [2.05, 4.69) is 26.0 Å². The number of halogens is 1. The summed E-state index contributed by atoms with van der Waals surface area (Å²) in [5.41, 5.74) is 10.3. The largest absolute Gasteiger partial charge is 0.335 e. The van der Waals surface area contributed by atoms with E-state index in [1.54, 1.807) is 4.68 Å². The molecule has 1 aliphatic rings. The van der Waals surface area contributed by atoms with Gasteiger partial charge in [0, 0.05) is 24.3 Å². The van der Waals surface area contributed by atoms with E-state index in [0.717, 1.165) is 23.4 Å². The molecule has 4 rings (SSSR count). The monoisotopic (exact) mass is 410 g/mol. The second-order valence-corrected chi connectivity index (χ2v) is 7.68. The topological polar surface area (TPSA) is 64.2 Å². The highest BCUT2D eigenvalue weighted by Gasteiger charge is 2.34. The second-order valence-electron chi connectivity index (χ2n) is 7.68. The molecule has 0 bridgehead atoms. The van der Waals surface area contributed by atoms with Crippen molar-refractivity contribution >= 4 is 18.3 Å². The van der Waals surface area contributed by atoms with Crippen LogP contribution in [0, 0.1) is 12.8 Å². The molecular weight excluding hydrogens is 384 g/mol. The zero-order chi connectivity index (χ0) is 19.7. The van der Waals surface area contributed by atoms with Crippen LogP contribution in [0.25, 0.3) is 16.9 Å². The standard InChI is InChI=1S/C23H26N4O.ClH/c1-16-8-10-20(11-9-16)27-15-21(22(25-27)19-6-4-3-5-7-19)23(28)26-14-18(13-24)12-17(26)2;/h3-11,15,17-18H,12-14,24H2,1-2H3;1H. The molecule has 0 radical (unpaired) electrons. The lowest BCUT2D eigenvalue weighted by molar-refractivity contribution is 0.0744. The normalized spacial score (nSPS) is 18.5. The molecule has 1 aromatic heterocycles. The fourth-order valence-electron chi connectivity index (χ4n) is 3.92. The molecule has 1 aliphatic heterocycles. The Morgan fingerprint density at radius 2 is 1.83 bits per heavy atom. The number of amides is 1. The van der Waals surface area contributed by atoms with Crippen LogP contribution in [0.3, 0.4) is 0 Å². The number of aryl methyl sites for hydroxylation is 1. The van der Waals surface area contributed by atoms with Crippen molar-refractivity contribution in [3.8, 4) is 16.9 Å². The number of carbonyl (C=O) groups is 1. The highest BCUT2D eigenvalue weighted by atomic mass is 35.5. The predicted molar refractivity (Wildman–Crippen MR) is 119 cm³/mol. The summed E-state index contributed by atoms with van der Waals surface area (Å²) < 4.78 is 1.80. The number of likely N-dealkylation sites (tertiary alicyclic amines) is 1. The summed E-state index contributed by atoms with van der Waals surface area (Å²) in [6.45, 7) is 5.47. The van der Waals surface area contributed by atoms with Crippen molar-refractivity contribution in [2.75, 3.05) is 13.1 Å². The van der Waals surface area contributed by atoms with E-state index in [1.807, 2.05) is 53.6 Å². The van der Waals surface area contributed by atoms with Gasteiger partial charge < -0.3 is 10.6 Å². The van der Waals surface area contributed by atoms with Gasteiger partial charge in [-0.2, -0.15) is 5.10 Å². The molecule has 3 aromatic rings. The highest BCUT2D eigenvalue weighted by molar-refractivity contribution is 6.00. The van der Waals surface area contributed by atoms with E-state index < -0.39 is 0 Å². The van der Waals surface area contributed by atoms with Gasteiger partial charge in [0.1, 0.15) is 5.69 Å². The number of aromatic nitrogens is 2. The average molecular weight is 411 g/mol. The van der Waals surface area contributed by atoms with Crippen LogP contribution >= 0.6 is 12.4 Å². The van der Waals surface area contributed by atoms with E-state index >= 15 is 0 Å². The zero-order valence-corrected chi connectivity index (χ0v) is 17.6. The molecule has 2 unspecified atom stereocenters. The number of benzene rings is 2. The molecular formula is C23H27ClN4O. The summed E-state index contributed by atoms with van der Waals surface area (Å²) in [6.07, 6.45) is 2.81. The summed E-state index contributed by atoms with van der Waals surface area (Å²) in [6, 6.07) is 18.2. The molecule has 2 atom stereocenters. The lowest BCUT2D eigenvalue weighted by atomic mass is 10.1.